The van der Waals surface area contributed by atoms with Crippen molar-refractivity contribution in [2.24, 2.45) is 0 Å². The minimum Gasteiger partial charge on any atom is -0.340 e. The van der Waals surface area contributed by atoms with Crippen molar-refractivity contribution in [3.05, 3.63) is 35.9 Å². The van der Waals surface area contributed by atoms with Crippen LogP contribution in [0.2, 0.25) is 0 Å². The lowest BCUT2D eigenvalue weighted by molar-refractivity contribution is -0.132. The van der Waals surface area contributed by atoms with Gasteiger partial charge in [0.25, 0.3) is 0 Å². The van der Waals surface area contributed by atoms with E-state index in [1.54, 1.807) is 0 Å². The van der Waals surface area contributed by atoms with Gasteiger partial charge in [-0.15, -0.1) is 0 Å². The molecule has 2 rings (SSSR count). The van der Waals surface area contributed by atoms with Crippen LogP contribution in [-0.4, -0.2) is 60.5 Å². The third-order valence-corrected chi connectivity index (χ3v) is 4.59. The molecule has 0 aliphatic carbocycles. The van der Waals surface area contributed by atoms with Gasteiger partial charge in [-0.2, -0.15) is 0 Å². The van der Waals surface area contributed by atoms with E-state index in [0.717, 1.165) is 39.1 Å². The van der Waals surface area contributed by atoms with Crippen molar-refractivity contribution in [1.29, 1.82) is 0 Å². The molecule has 1 heterocycles. The van der Waals surface area contributed by atoms with E-state index in [9.17, 15) is 9.59 Å². The molecule has 6 nitrogen and oxygen atoms in total. The predicted molar refractivity (Wildman–Crippen MR) is 99.2 cm³/mol. The first kappa shape index (κ1) is 19.2. The third kappa shape index (κ3) is 6.74. The van der Waals surface area contributed by atoms with Gasteiger partial charge >= 0.3 is 6.03 Å². The normalized spacial score (nSPS) is 16.3. The lowest BCUT2D eigenvalue weighted by Crippen LogP contribution is -2.49. The van der Waals surface area contributed by atoms with E-state index in [0.29, 0.717) is 13.0 Å². The zero-order chi connectivity index (χ0) is 18.1. The average Bonchev–Trinajstić information content (AvgIpc) is 2.63. The van der Waals surface area contributed by atoms with Crippen LogP contribution in [-0.2, 0) is 11.3 Å². The van der Waals surface area contributed by atoms with Crippen LogP contribution in [0.25, 0.3) is 0 Å². The summed E-state index contributed by atoms with van der Waals surface area (Å²) in [6.45, 7) is 8.58. The number of benzene rings is 1. The summed E-state index contributed by atoms with van der Waals surface area (Å²) in [7, 11) is 0. The molecule has 1 unspecified atom stereocenters. The monoisotopic (exact) mass is 346 g/mol. The third-order valence-electron chi connectivity index (χ3n) is 4.59. The molecule has 25 heavy (non-hydrogen) atoms. The van der Waals surface area contributed by atoms with Crippen LogP contribution in [0.4, 0.5) is 4.79 Å². The zero-order valence-corrected chi connectivity index (χ0v) is 15.3. The van der Waals surface area contributed by atoms with Crippen molar-refractivity contribution in [1.82, 2.24) is 20.4 Å². The van der Waals surface area contributed by atoms with Gasteiger partial charge in [0.15, 0.2) is 0 Å². The number of nitrogens with zero attached hydrogens (tertiary/aromatic N) is 2. The molecule has 1 aliphatic rings. The molecule has 0 saturated carbocycles. The number of urea groups is 1. The quantitative estimate of drug-likeness (QED) is 0.791. The largest absolute Gasteiger partial charge is 0.340 e. The fourth-order valence-corrected chi connectivity index (χ4v) is 2.81. The molecule has 3 amide bonds. The van der Waals surface area contributed by atoms with E-state index in [1.807, 2.05) is 24.8 Å². The van der Waals surface area contributed by atoms with Crippen LogP contribution in [0.5, 0.6) is 0 Å². The van der Waals surface area contributed by atoms with Gasteiger partial charge in [0.05, 0.1) is 0 Å². The molecule has 0 radical (unpaired) electrons. The maximum absolute atomic E-state index is 12.3. The van der Waals surface area contributed by atoms with Crippen molar-refractivity contribution in [3.8, 4) is 0 Å². The number of rotatable bonds is 7. The van der Waals surface area contributed by atoms with Crippen LogP contribution in [0.3, 0.4) is 0 Å². The zero-order valence-electron chi connectivity index (χ0n) is 15.3. The minimum atomic E-state index is -0.199. The molecule has 6 heteroatoms. The summed E-state index contributed by atoms with van der Waals surface area (Å²) in [5, 5.41) is 5.58. The molecule has 138 valence electrons. The summed E-state index contributed by atoms with van der Waals surface area (Å²) in [5.74, 6) is 0.114. The average molecular weight is 346 g/mol. The number of hydrogen-bond donors (Lipinski definition) is 2. The van der Waals surface area contributed by atoms with Gasteiger partial charge < -0.3 is 15.5 Å². The van der Waals surface area contributed by atoms with E-state index in [-0.39, 0.29) is 18.0 Å². The summed E-state index contributed by atoms with van der Waals surface area (Å²) < 4.78 is 0. The van der Waals surface area contributed by atoms with E-state index in [2.05, 4.69) is 39.8 Å². The number of nitrogens with one attached hydrogen (secondary N) is 2. The van der Waals surface area contributed by atoms with Crippen LogP contribution in [0.15, 0.2) is 30.3 Å². The topological polar surface area (TPSA) is 64.7 Å². The van der Waals surface area contributed by atoms with E-state index in [1.165, 1.54) is 5.56 Å². The van der Waals surface area contributed by atoms with Gasteiger partial charge in [-0.05, 0) is 18.9 Å². The first-order valence-corrected chi connectivity index (χ1v) is 9.17. The highest BCUT2D eigenvalue weighted by atomic mass is 16.2. The molecule has 2 N–H and O–H groups in total. The number of hydrogen-bond acceptors (Lipinski definition) is 3. The molecule has 1 saturated heterocycles. The van der Waals surface area contributed by atoms with Gasteiger partial charge in [0, 0.05) is 51.7 Å². The van der Waals surface area contributed by atoms with Crippen molar-refractivity contribution >= 4 is 11.9 Å². The van der Waals surface area contributed by atoms with Crippen molar-refractivity contribution in [2.45, 2.75) is 39.3 Å². The smallest absolute Gasteiger partial charge is 0.315 e. The fraction of sp³-hybridized carbons (Fsp3) is 0.579. The first-order valence-electron chi connectivity index (χ1n) is 9.17. The molecule has 0 bridgehead atoms. The van der Waals surface area contributed by atoms with E-state index < -0.39 is 0 Å². The van der Waals surface area contributed by atoms with Crippen molar-refractivity contribution in [3.63, 3.8) is 0 Å². The molecule has 0 spiro atoms. The van der Waals surface area contributed by atoms with Gasteiger partial charge in [0.2, 0.25) is 5.91 Å². The van der Waals surface area contributed by atoms with Crippen LogP contribution in [0.1, 0.15) is 32.3 Å². The van der Waals surface area contributed by atoms with Crippen LogP contribution in [0, 0.1) is 0 Å². The van der Waals surface area contributed by atoms with Gasteiger partial charge in [0.1, 0.15) is 0 Å². The molecular weight excluding hydrogens is 316 g/mol. The number of carbonyl (C=O) groups excluding carboxylic acids is 2. The summed E-state index contributed by atoms with van der Waals surface area (Å²) >= 11 is 0. The highest BCUT2D eigenvalue weighted by Crippen LogP contribution is 2.09. The second-order valence-electron chi connectivity index (χ2n) is 6.60. The molecule has 1 aromatic carbocycles. The Bertz CT molecular complexity index is 542. The first-order chi connectivity index (χ1) is 12.1. The van der Waals surface area contributed by atoms with Gasteiger partial charge in [-0.3, -0.25) is 9.69 Å². The Kier molecular flexibility index (Phi) is 7.73. The Balaban J connectivity index is 1.63. The number of carbonyl (C=O) groups is 2. The minimum absolute atomic E-state index is 0.114. The Morgan fingerprint density at radius 1 is 1.12 bits per heavy atom. The Labute approximate surface area is 150 Å². The van der Waals surface area contributed by atoms with E-state index in [4.69, 9.17) is 0 Å². The Morgan fingerprint density at radius 3 is 2.44 bits per heavy atom. The van der Waals surface area contributed by atoms with Crippen LogP contribution >= 0.6 is 0 Å². The summed E-state index contributed by atoms with van der Waals surface area (Å²) in [6, 6.07) is 10.3. The Morgan fingerprint density at radius 2 is 1.80 bits per heavy atom. The van der Waals surface area contributed by atoms with Gasteiger partial charge in [-0.25, -0.2) is 4.79 Å². The fourth-order valence-electron chi connectivity index (χ4n) is 2.81. The standard InChI is InChI=1S/C19H30N4O2/c1-3-16(2)21-19(25)20-10-9-18(24)23-13-11-22(12-14-23)15-17-7-5-4-6-8-17/h4-8,16H,3,9-15H2,1-2H3,(H2,20,21,25). The molecular formula is C19H30N4O2. The molecule has 1 aliphatic heterocycles. The lowest BCUT2D eigenvalue weighted by atomic mass is 10.2. The van der Waals surface area contributed by atoms with Gasteiger partial charge in [-0.1, -0.05) is 37.3 Å². The van der Waals surface area contributed by atoms with Crippen LogP contribution < -0.4 is 10.6 Å². The highest BCUT2D eigenvalue weighted by Gasteiger charge is 2.20. The summed E-state index contributed by atoms with van der Waals surface area (Å²) in [4.78, 5) is 28.2. The van der Waals surface area contributed by atoms with Crippen molar-refractivity contribution < 1.29 is 9.59 Å². The number of piperazine rings is 1. The lowest BCUT2D eigenvalue weighted by Gasteiger charge is -2.34. The SMILES string of the molecule is CCC(C)NC(=O)NCCC(=O)N1CCN(Cc2ccccc2)CC1. The second kappa shape index (κ2) is 10.0. The maximum Gasteiger partial charge on any atom is 0.315 e. The molecule has 0 aromatic heterocycles. The second-order valence-corrected chi connectivity index (χ2v) is 6.60. The summed E-state index contributed by atoms with van der Waals surface area (Å²) in [5.41, 5.74) is 1.30. The molecule has 1 atom stereocenters. The summed E-state index contributed by atoms with van der Waals surface area (Å²) in [6.07, 6.45) is 1.24. The molecule has 1 fully saturated rings. The Hall–Kier alpha value is -2.08. The maximum atomic E-state index is 12.3. The number of amides is 3. The highest BCUT2D eigenvalue weighted by molar-refractivity contribution is 5.78. The van der Waals surface area contributed by atoms with E-state index >= 15 is 0 Å². The predicted octanol–water partition coefficient (Wildman–Crippen LogP) is 1.82. The van der Waals surface area contributed by atoms with Crippen molar-refractivity contribution in [2.75, 3.05) is 32.7 Å². The molecule has 1 aromatic rings.